The van der Waals surface area contributed by atoms with E-state index in [2.05, 4.69) is 46.1 Å². The van der Waals surface area contributed by atoms with Gasteiger partial charge in [-0.25, -0.2) is 9.97 Å². The van der Waals surface area contributed by atoms with Crippen LogP contribution in [0.4, 0.5) is 23.0 Å². The van der Waals surface area contributed by atoms with Gasteiger partial charge in [-0.15, -0.1) is 0 Å². The Morgan fingerprint density at radius 3 is 2.42 bits per heavy atom. The van der Waals surface area contributed by atoms with E-state index in [0.29, 0.717) is 30.4 Å². The summed E-state index contributed by atoms with van der Waals surface area (Å²) in [6.45, 7) is 6.06. The lowest BCUT2D eigenvalue weighted by Crippen LogP contribution is -2.29. The molecule has 6 nitrogen and oxygen atoms in total. The van der Waals surface area contributed by atoms with Gasteiger partial charge in [-0.05, 0) is 25.3 Å². The third-order valence-corrected chi connectivity index (χ3v) is 4.52. The van der Waals surface area contributed by atoms with E-state index in [4.69, 9.17) is 5.73 Å². The molecule has 3 aromatic rings. The number of aromatic nitrogens is 2. The van der Waals surface area contributed by atoms with Crippen LogP contribution in [0.15, 0.2) is 48.8 Å². The van der Waals surface area contributed by atoms with E-state index in [0.717, 1.165) is 17.6 Å². The highest BCUT2D eigenvalue weighted by Crippen LogP contribution is 2.36. The Bertz CT molecular complexity index is 878. The summed E-state index contributed by atoms with van der Waals surface area (Å²) in [5.74, 6) is 1.34. The fourth-order valence-corrected chi connectivity index (χ4v) is 3.26. The Morgan fingerprint density at radius 2 is 1.69 bits per heavy atom. The summed E-state index contributed by atoms with van der Waals surface area (Å²) in [4.78, 5) is 12.9. The maximum atomic E-state index is 9.30. The van der Waals surface area contributed by atoms with Crippen LogP contribution in [0, 0.1) is 0 Å². The van der Waals surface area contributed by atoms with Crippen LogP contribution >= 0.6 is 0 Å². The molecule has 0 bridgehead atoms. The molecule has 1 aromatic heterocycles. The van der Waals surface area contributed by atoms with Crippen molar-refractivity contribution in [2.75, 3.05) is 41.8 Å². The quantitative estimate of drug-likeness (QED) is 0.681. The van der Waals surface area contributed by atoms with E-state index >= 15 is 0 Å². The first kappa shape index (κ1) is 17.9. The number of rotatable bonds is 7. The predicted octanol–water partition coefficient (Wildman–Crippen LogP) is 3.19. The molecular weight excluding hydrogens is 326 g/mol. The molecule has 26 heavy (non-hydrogen) atoms. The number of aliphatic hydroxyl groups excluding tert-OH is 1. The van der Waals surface area contributed by atoms with Crippen molar-refractivity contribution in [3.05, 3.63) is 48.8 Å². The molecule has 3 rings (SSSR count). The van der Waals surface area contributed by atoms with Gasteiger partial charge in [-0.2, -0.15) is 0 Å². The van der Waals surface area contributed by atoms with Crippen molar-refractivity contribution in [3.8, 4) is 0 Å². The summed E-state index contributed by atoms with van der Waals surface area (Å²) in [5, 5.41) is 11.6. The highest BCUT2D eigenvalue weighted by molar-refractivity contribution is 5.97. The van der Waals surface area contributed by atoms with Crippen molar-refractivity contribution >= 4 is 33.8 Å². The molecule has 3 N–H and O–H groups in total. The molecule has 0 radical (unpaired) electrons. The van der Waals surface area contributed by atoms with Crippen LogP contribution < -0.4 is 15.5 Å². The second-order valence-corrected chi connectivity index (χ2v) is 5.98. The van der Waals surface area contributed by atoms with Gasteiger partial charge in [-0.1, -0.05) is 36.4 Å². The maximum absolute atomic E-state index is 9.30. The third-order valence-electron chi connectivity index (χ3n) is 4.52. The standard InChI is InChI=1S/C20H25N5O/c1-3-24(12-13-26)19-18(21)20(23-14-22-19)25(4-2)17-11-7-9-15-8-5-6-10-16(15)17/h5-11,14,26H,3-4,12-13,21H2,1-2H3. The van der Waals surface area contributed by atoms with Gasteiger partial charge in [0.25, 0.3) is 0 Å². The van der Waals surface area contributed by atoms with Crippen molar-refractivity contribution in [2.45, 2.75) is 13.8 Å². The Labute approximate surface area is 153 Å². The van der Waals surface area contributed by atoms with Crippen LogP contribution in [-0.4, -0.2) is 41.3 Å². The SMILES string of the molecule is CCN(CCO)c1ncnc(N(CC)c2cccc3ccccc23)c1N. The molecule has 0 spiro atoms. The van der Waals surface area contributed by atoms with Crippen molar-refractivity contribution in [1.29, 1.82) is 0 Å². The predicted molar refractivity (Wildman–Crippen MR) is 108 cm³/mol. The maximum Gasteiger partial charge on any atom is 0.161 e. The zero-order valence-electron chi connectivity index (χ0n) is 15.3. The summed E-state index contributed by atoms with van der Waals surface area (Å²) in [6, 6.07) is 14.5. The molecule has 0 unspecified atom stereocenters. The van der Waals surface area contributed by atoms with Gasteiger partial charge >= 0.3 is 0 Å². The second kappa shape index (κ2) is 8.01. The van der Waals surface area contributed by atoms with Crippen LogP contribution in [0.25, 0.3) is 10.8 Å². The minimum atomic E-state index is 0.0490. The van der Waals surface area contributed by atoms with Gasteiger partial charge < -0.3 is 20.6 Å². The molecule has 1 heterocycles. The Hall–Kier alpha value is -2.86. The molecule has 0 amide bonds. The largest absolute Gasteiger partial charge is 0.395 e. The molecule has 0 aliphatic carbocycles. The lowest BCUT2D eigenvalue weighted by atomic mass is 10.1. The van der Waals surface area contributed by atoms with Crippen LogP contribution in [0.2, 0.25) is 0 Å². The highest BCUT2D eigenvalue weighted by atomic mass is 16.3. The summed E-state index contributed by atoms with van der Waals surface area (Å²) in [7, 11) is 0. The number of anilines is 4. The first-order valence-corrected chi connectivity index (χ1v) is 8.92. The molecule has 0 saturated heterocycles. The molecule has 0 aliphatic heterocycles. The van der Waals surface area contributed by atoms with Gasteiger partial charge in [0.05, 0.1) is 12.3 Å². The molecule has 2 aromatic carbocycles. The highest BCUT2D eigenvalue weighted by Gasteiger charge is 2.19. The second-order valence-electron chi connectivity index (χ2n) is 5.98. The zero-order chi connectivity index (χ0) is 18.5. The zero-order valence-corrected chi connectivity index (χ0v) is 15.3. The monoisotopic (exact) mass is 351 g/mol. The summed E-state index contributed by atoms with van der Waals surface area (Å²) < 4.78 is 0. The number of benzene rings is 2. The average molecular weight is 351 g/mol. The molecule has 0 aliphatic rings. The van der Waals surface area contributed by atoms with E-state index in [1.54, 1.807) is 0 Å². The van der Waals surface area contributed by atoms with Crippen molar-refractivity contribution in [2.24, 2.45) is 0 Å². The lowest BCUT2D eigenvalue weighted by Gasteiger charge is -2.28. The van der Waals surface area contributed by atoms with Gasteiger partial charge in [0.15, 0.2) is 11.6 Å². The van der Waals surface area contributed by atoms with Crippen molar-refractivity contribution < 1.29 is 5.11 Å². The summed E-state index contributed by atoms with van der Waals surface area (Å²) in [5.41, 5.74) is 8.05. The van der Waals surface area contributed by atoms with E-state index in [1.807, 2.05) is 30.0 Å². The minimum Gasteiger partial charge on any atom is -0.395 e. The number of hydrogen-bond donors (Lipinski definition) is 2. The van der Waals surface area contributed by atoms with E-state index in [1.165, 1.54) is 11.7 Å². The fourth-order valence-electron chi connectivity index (χ4n) is 3.26. The van der Waals surface area contributed by atoms with E-state index < -0.39 is 0 Å². The van der Waals surface area contributed by atoms with Crippen LogP contribution in [0.5, 0.6) is 0 Å². The number of likely N-dealkylation sites (N-methyl/N-ethyl adjacent to an activating group) is 1. The van der Waals surface area contributed by atoms with Gasteiger partial charge in [0.1, 0.15) is 12.0 Å². The Morgan fingerprint density at radius 1 is 0.962 bits per heavy atom. The van der Waals surface area contributed by atoms with E-state index in [9.17, 15) is 5.11 Å². The Kier molecular flexibility index (Phi) is 5.53. The number of aliphatic hydroxyl groups is 1. The molecular formula is C20H25N5O. The first-order valence-electron chi connectivity index (χ1n) is 8.92. The number of nitrogens with zero attached hydrogens (tertiary/aromatic N) is 4. The minimum absolute atomic E-state index is 0.0490. The lowest BCUT2D eigenvalue weighted by molar-refractivity contribution is 0.302. The first-order chi connectivity index (χ1) is 12.7. The van der Waals surface area contributed by atoms with E-state index in [-0.39, 0.29) is 6.61 Å². The van der Waals surface area contributed by atoms with Crippen LogP contribution in [-0.2, 0) is 0 Å². The third kappa shape index (κ3) is 3.28. The molecule has 6 heteroatoms. The molecule has 0 atom stereocenters. The van der Waals surface area contributed by atoms with Gasteiger partial charge in [0, 0.05) is 25.0 Å². The van der Waals surface area contributed by atoms with Gasteiger partial charge in [0.2, 0.25) is 0 Å². The van der Waals surface area contributed by atoms with Crippen molar-refractivity contribution in [1.82, 2.24) is 9.97 Å². The summed E-state index contributed by atoms with van der Waals surface area (Å²) >= 11 is 0. The molecule has 136 valence electrons. The Balaban J connectivity index is 2.11. The smallest absolute Gasteiger partial charge is 0.161 e. The molecule has 0 saturated carbocycles. The number of fused-ring (bicyclic) bond motifs is 1. The van der Waals surface area contributed by atoms with Crippen molar-refractivity contribution in [3.63, 3.8) is 0 Å². The number of nitrogen functional groups attached to an aromatic ring is 1. The number of hydrogen-bond acceptors (Lipinski definition) is 6. The number of nitrogens with two attached hydrogens (primary N) is 1. The van der Waals surface area contributed by atoms with Crippen LogP contribution in [0.1, 0.15) is 13.8 Å². The average Bonchev–Trinajstić information content (AvgIpc) is 2.68. The topological polar surface area (TPSA) is 78.5 Å². The van der Waals surface area contributed by atoms with Gasteiger partial charge in [-0.3, -0.25) is 0 Å². The fraction of sp³-hybridized carbons (Fsp3) is 0.300. The molecule has 0 fully saturated rings. The summed E-state index contributed by atoms with van der Waals surface area (Å²) in [6.07, 6.45) is 1.54. The normalized spacial score (nSPS) is 10.9. The van der Waals surface area contributed by atoms with Crippen LogP contribution in [0.3, 0.4) is 0 Å².